The third-order valence-corrected chi connectivity index (χ3v) is 4.97. The van der Waals surface area contributed by atoms with Crippen LogP contribution in [0.3, 0.4) is 0 Å². The van der Waals surface area contributed by atoms with Gasteiger partial charge in [-0.05, 0) is 20.8 Å². The molecule has 0 aliphatic heterocycles. The molecule has 0 saturated carbocycles. The molecule has 0 spiro atoms. The fraction of sp³-hybridized carbons (Fsp3) is 0.727. The van der Waals surface area contributed by atoms with Gasteiger partial charge in [0.15, 0.2) is 5.78 Å². The van der Waals surface area contributed by atoms with Gasteiger partial charge in [0.05, 0.1) is 6.61 Å². The number of sulfonamides is 1. The minimum atomic E-state index is -4.12. The Hall–Kier alpha value is -1.11. The Labute approximate surface area is 108 Å². The number of rotatable bonds is 5. The van der Waals surface area contributed by atoms with Crippen molar-refractivity contribution >= 4 is 21.9 Å². The number of carbonyl (C=O) groups is 2. The molecule has 105 valence electrons. The average Bonchev–Trinajstić information content (AvgIpc) is 2.26. The first kappa shape index (κ1) is 16.9. The molecule has 1 amide bonds. The fourth-order valence-corrected chi connectivity index (χ4v) is 2.86. The molecule has 7 heteroatoms. The van der Waals surface area contributed by atoms with E-state index in [4.69, 9.17) is 0 Å². The molecule has 0 aliphatic carbocycles. The topological polar surface area (TPSA) is 80.8 Å². The first-order chi connectivity index (χ1) is 8.00. The van der Waals surface area contributed by atoms with Crippen LogP contribution >= 0.6 is 0 Å². The lowest BCUT2D eigenvalue weighted by atomic mass is 9.98. The van der Waals surface area contributed by atoms with Gasteiger partial charge in [-0.2, -0.15) is 0 Å². The minimum absolute atomic E-state index is 0.183. The van der Waals surface area contributed by atoms with Crippen molar-refractivity contribution in [3.63, 3.8) is 0 Å². The summed E-state index contributed by atoms with van der Waals surface area (Å²) in [5, 5.41) is 0. The van der Waals surface area contributed by atoms with Gasteiger partial charge in [0.2, 0.25) is 0 Å². The molecule has 18 heavy (non-hydrogen) atoms. The van der Waals surface area contributed by atoms with E-state index in [0.717, 1.165) is 7.05 Å². The van der Waals surface area contributed by atoms with Crippen molar-refractivity contribution in [3.8, 4) is 0 Å². The summed E-state index contributed by atoms with van der Waals surface area (Å²) in [6, 6.07) is 0. The van der Waals surface area contributed by atoms with Crippen LogP contribution in [0.15, 0.2) is 0 Å². The number of ether oxygens (including phenoxy) is 1. The van der Waals surface area contributed by atoms with E-state index in [0.29, 0.717) is 4.31 Å². The summed E-state index contributed by atoms with van der Waals surface area (Å²) in [5.74, 6) is -0.913. The number of carbonyl (C=O) groups excluding carboxylic acids is 2. The van der Waals surface area contributed by atoms with E-state index < -0.39 is 32.6 Å². The Morgan fingerprint density at radius 3 is 2.11 bits per heavy atom. The Balaban J connectivity index is 5.38. The van der Waals surface area contributed by atoms with Gasteiger partial charge in [-0.25, -0.2) is 17.5 Å². The molecule has 0 aromatic rings. The zero-order valence-electron chi connectivity index (χ0n) is 11.4. The SMILES string of the molecule is [CH2]COC(=O)N(C)S(=O)(=O)C(C)(C)C(=O)C(C)C. The molecule has 0 rings (SSSR count). The molecule has 0 aromatic heterocycles. The predicted molar refractivity (Wildman–Crippen MR) is 67.3 cm³/mol. The lowest BCUT2D eigenvalue weighted by Gasteiger charge is -2.29. The van der Waals surface area contributed by atoms with Crippen molar-refractivity contribution in [2.24, 2.45) is 5.92 Å². The van der Waals surface area contributed by atoms with Crippen molar-refractivity contribution in [2.45, 2.75) is 32.4 Å². The summed E-state index contributed by atoms with van der Waals surface area (Å²) in [6.07, 6.45) is -1.05. The zero-order valence-corrected chi connectivity index (χ0v) is 12.2. The van der Waals surface area contributed by atoms with Crippen LogP contribution in [0.25, 0.3) is 0 Å². The number of ketones is 1. The molecule has 6 nitrogen and oxygen atoms in total. The van der Waals surface area contributed by atoms with Crippen LogP contribution in [0.2, 0.25) is 0 Å². The van der Waals surface area contributed by atoms with Gasteiger partial charge < -0.3 is 4.74 Å². The fourth-order valence-electron chi connectivity index (χ4n) is 1.44. The molecule has 0 fully saturated rings. The molecule has 0 aliphatic rings. The second-order valence-electron chi connectivity index (χ2n) is 4.62. The third-order valence-electron chi connectivity index (χ3n) is 2.61. The summed E-state index contributed by atoms with van der Waals surface area (Å²) in [5.41, 5.74) is 0. The van der Waals surface area contributed by atoms with E-state index in [2.05, 4.69) is 11.7 Å². The van der Waals surface area contributed by atoms with Crippen LogP contribution in [0.4, 0.5) is 4.79 Å². The molecule has 0 aromatic carbocycles. The second-order valence-corrected chi connectivity index (χ2v) is 7.13. The lowest BCUT2D eigenvalue weighted by molar-refractivity contribution is -0.123. The van der Waals surface area contributed by atoms with Gasteiger partial charge in [-0.3, -0.25) is 4.79 Å². The molecule has 0 N–H and O–H groups in total. The molecular formula is C11H20NO5S. The van der Waals surface area contributed by atoms with Crippen LogP contribution in [0.1, 0.15) is 27.7 Å². The Bertz CT molecular complexity index is 425. The molecule has 0 unspecified atom stereocenters. The van der Waals surface area contributed by atoms with Gasteiger partial charge in [0.25, 0.3) is 10.0 Å². The Kier molecular flexibility index (Phi) is 5.34. The second kappa shape index (κ2) is 5.69. The quantitative estimate of drug-likeness (QED) is 0.755. The van der Waals surface area contributed by atoms with Crippen molar-refractivity contribution in [1.29, 1.82) is 0 Å². The summed E-state index contributed by atoms with van der Waals surface area (Å²) < 4.78 is 27.7. The number of nitrogens with zero attached hydrogens (tertiary/aromatic N) is 1. The van der Waals surface area contributed by atoms with E-state index in [1.165, 1.54) is 13.8 Å². The van der Waals surface area contributed by atoms with Crippen LogP contribution in [-0.2, 0) is 19.6 Å². The molecule has 0 saturated heterocycles. The van der Waals surface area contributed by atoms with Crippen molar-refractivity contribution in [3.05, 3.63) is 6.92 Å². The highest BCUT2D eigenvalue weighted by molar-refractivity contribution is 7.91. The summed E-state index contributed by atoms with van der Waals surface area (Å²) in [7, 11) is -3.06. The molecule has 0 atom stereocenters. The third kappa shape index (κ3) is 3.01. The molecule has 0 bridgehead atoms. The van der Waals surface area contributed by atoms with E-state index in [9.17, 15) is 18.0 Å². The highest BCUT2D eigenvalue weighted by Crippen LogP contribution is 2.25. The number of hydrogen-bond donors (Lipinski definition) is 0. The standard InChI is InChI=1S/C11H20NO5S/c1-7-17-10(14)12(6)18(15,16)11(4,5)9(13)8(2)3/h8H,1,7H2,2-6H3. The monoisotopic (exact) mass is 278 g/mol. The normalized spacial score (nSPS) is 12.4. The van der Waals surface area contributed by atoms with Crippen molar-refractivity contribution in [1.82, 2.24) is 4.31 Å². The van der Waals surface area contributed by atoms with E-state index in [1.807, 2.05) is 0 Å². The van der Waals surface area contributed by atoms with Crippen molar-refractivity contribution in [2.75, 3.05) is 13.7 Å². The number of hydrogen-bond acceptors (Lipinski definition) is 5. The van der Waals surface area contributed by atoms with Gasteiger partial charge >= 0.3 is 6.09 Å². The highest BCUT2D eigenvalue weighted by Gasteiger charge is 2.46. The maximum atomic E-state index is 12.2. The van der Waals surface area contributed by atoms with Crippen LogP contribution in [0, 0.1) is 12.8 Å². The average molecular weight is 278 g/mol. The van der Waals surface area contributed by atoms with Crippen LogP contribution in [-0.4, -0.2) is 43.0 Å². The van der Waals surface area contributed by atoms with Crippen LogP contribution < -0.4 is 0 Å². The first-order valence-electron chi connectivity index (χ1n) is 5.49. The molecule has 0 heterocycles. The van der Waals surface area contributed by atoms with Crippen LogP contribution in [0.5, 0.6) is 0 Å². The lowest BCUT2D eigenvalue weighted by Crippen LogP contribution is -2.51. The Morgan fingerprint density at radius 1 is 1.33 bits per heavy atom. The molecular weight excluding hydrogens is 258 g/mol. The van der Waals surface area contributed by atoms with E-state index >= 15 is 0 Å². The summed E-state index contributed by atoms with van der Waals surface area (Å²) >= 11 is 0. The van der Waals surface area contributed by atoms with E-state index in [-0.39, 0.29) is 6.61 Å². The zero-order chi connectivity index (χ0) is 14.7. The van der Waals surface area contributed by atoms with Crippen molar-refractivity contribution < 1.29 is 22.7 Å². The van der Waals surface area contributed by atoms with Gasteiger partial charge in [-0.1, -0.05) is 13.8 Å². The summed E-state index contributed by atoms with van der Waals surface area (Å²) in [4.78, 5) is 23.3. The van der Waals surface area contributed by atoms with E-state index in [1.54, 1.807) is 13.8 Å². The summed E-state index contributed by atoms with van der Waals surface area (Å²) in [6.45, 7) is 8.86. The number of Topliss-reactive ketones (excluding diaryl/α,β-unsaturated/α-hetero) is 1. The maximum absolute atomic E-state index is 12.2. The largest absolute Gasteiger partial charge is 0.449 e. The van der Waals surface area contributed by atoms with Gasteiger partial charge in [0, 0.05) is 13.0 Å². The number of amides is 1. The van der Waals surface area contributed by atoms with Gasteiger partial charge in [-0.15, -0.1) is 0 Å². The predicted octanol–water partition coefficient (Wildman–Crippen LogP) is 1.22. The first-order valence-corrected chi connectivity index (χ1v) is 6.93. The van der Waals surface area contributed by atoms with Gasteiger partial charge in [0.1, 0.15) is 4.75 Å². The highest BCUT2D eigenvalue weighted by atomic mass is 32.2. The molecule has 1 radical (unpaired) electrons. The Morgan fingerprint density at radius 2 is 1.78 bits per heavy atom. The smallest absolute Gasteiger partial charge is 0.423 e. The maximum Gasteiger partial charge on any atom is 0.423 e. The minimum Gasteiger partial charge on any atom is -0.449 e.